The fraction of sp³-hybridized carbons (Fsp3) is 0. The van der Waals surface area contributed by atoms with E-state index in [1.807, 2.05) is 48.5 Å². The van der Waals surface area contributed by atoms with Crippen LogP contribution in [0.2, 0.25) is 0 Å². The Morgan fingerprint density at radius 1 is 0.788 bits per heavy atom. The number of hydrogen-bond acceptors (Lipinski definition) is 5. The standard InChI is InChI=1S/C12H8Br2N2O.C12H7BrN2O/c13-9-5-3-8(4-6-9)12(17)16-10-2-1-7-15-11(10)14;13-9-5-3-8(4-6-9)11-15-10-2-1-7-14-12(10)16-11/h1-7H,(H,16,17);1-7H. The van der Waals surface area contributed by atoms with Gasteiger partial charge in [-0.25, -0.2) is 15.0 Å². The van der Waals surface area contributed by atoms with Gasteiger partial charge < -0.3 is 9.73 Å². The Morgan fingerprint density at radius 3 is 2.09 bits per heavy atom. The lowest BCUT2D eigenvalue weighted by Gasteiger charge is -2.06. The summed E-state index contributed by atoms with van der Waals surface area (Å²) < 4.78 is 8.15. The molecule has 5 aromatic rings. The van der Waals surface area contributed by atoms with Crippen molar-refractivity contribution in [2.45, 2.75) is 0 Å². The predicted molar refractivity (Wildman–Crippen MR) is 139 cm³/mol. The summed E-state index contributed by atoms with van der Waals surface area (Å²) in [7, 11) is 0. The number of nitrogens with zero attached hydrogens (tertiary/aromatic N) is 3. The average Bonchev–Trinajstić information content (AvgIpc) is 3.26. The summed E-state index contributed by atoms with van der Waals surface area (Å²) in [6, 6.07) is 22.3. The summed E-state index contributed by atoms with van der Waals surface area (Å²) >= 11 is 9.99. The van der Waals surface area contributed by atoms with Crippen LogP contribution in [0.15, 0.2) is 103 Å². The van der Waals surface area contributed by atoms with Crippen molar-refractivity contribution in [3.05, 3.63) is 104 Å². The molecule has 3 aromatic heterocycles. The zero-order valence-electron chi connectivity index (χ0n) is 16.9. The molecule has 0 saturated heterocycles. The number of fused-ring (bicyclic) bond motifs is 1. The third kappa shape index (κ3) is 6.13. The van der Waals surface area contributed by atoms with E-state index in [1.54, 1.807) is 36.7 Å². The molecule has 0 radical (unpaired) electrons. The number of carbonyl (C=O) groups is 1. The lowest BCUT2D eigenvalue weighted by molar-refractivity contribution is 0.102. The number of aromatic nitrogens is 3. The SMILES string of the molecule is Brc1ccc(-c2nc3cccnc3o2)cc1.O=C(Nc1cccnc1Br)c1ccc(Br)cc1. The van der Waals surface area contributed by atoms with Crippen molar-refractivity contribution in [1.29, 1.82) is 0 Å². The molecule has 0 aliphatic carbocycles. The second-order valence-corrected chi connectivity index (χ2v) is 9.24. The van der Waals surface area contributed by atoms with Gasteiger partial charge in [-0.2, -0.15) is 0 Å². The van der Waals surface area contributed by atoms with Crippen molar-refractivity contribution >= 4 is 70.6 Å². The van der Waals surface area contributed by atoms with E-state index in [2.05, 4.69) is 68.1 Å². The van der Waals surface area contributed by atoms with Gasteiger partial charge in [-0.3, -0.25) is 4.79 Å². The number of halogens is 3. The van der Waals surface area contributed by atoms with Gasteiger partial charge in [0.15, 0.2) is 0 Å². The van der Waals surface area contributed by atoms with Gasteiger partial charge >= 0.3 is 0 Å². The van der Waals surface area contributed by atoms with E-state index in [1.165, 1.54) is 0 Å². The van der Waals surface area contributed by atoms with Crippen molar-refractivity contribution in [2.75, 3.05) is 5.32 Å². The first kappa shape index (κ1) is 23.3. The van der Waals surface area contributed by atoms with Crippen LogP contribution in [0.5, 0.6) is 0 Å². The second-order valence-electron chi connectivity index (χ2n) is 6.66. The Labute approximate surface area is 214 Å². The van der Waals surface area contributed by atoms with Gasteiger partial charge in [0.1, 0.15) is 10.1 Å². The number of carbonyl (C=O) groups excluding carboxylic acids is 1. The zero-order chi connectivity index (χ0) is 23.2. The van der Waals surface area contributed by atoms with Crippen LogP contribution in [0.1, 0.15) is 10.4 Å². The highest BCUT2D eigenvalue weighted by Crippen LogP contribution is 2.24. The molecule has 0 fully saturated rings. The first-order valence-electron chi connectivity index (χ1n) is 9.64. The minimum Gasteiger partial charge on any atom is -0.418 e. The maximum Gasteiger partial charge on any atom is 0.255 e. The monoisotopic (exact) mass is 628 g/mol. The van der Waals surface area contributed by atoms with E-state index in [9.17, 15) is 4.79 Å². The van der Waals surface area contributed by atoms with Crippen LogP contribution in [0.4, 0.5) is 5.69 Å². The molecule has 0 saturated carbocycles. The molecule has 164 valence electrons. The van der Waals surface area contributed by atoms with Crippen LogP contribution < -0.4 is 5.32 Å². The van der Waals surface area contributed by atoms with Gasteiger partial charge in [-0.05, 0) is 88.7 Å². The van der Waals surface area contributed by atoms with Crippen LogP contribution >= 0.6 is 47.8 Å². The summed E-state index contributed by atoms with van der Waals surface area (Å²) in [4.78, 5) is 24.4. The molecule has 1 amide bonds. The lowest BCUT2D eigenvalue weighted by Crippen LogP contribution is -2.12. The number of hydrogen-bond donors (Lipinski definition) is 1. The summed E-state index contributed by atoms with van der Waals surface area (Å²) in [5.41, 5.74) is 3.55. The van der Waals surface area contributed by atoms with Crippen molar-refractivity contribution in [1.82, 2.24) is 15.0 Å². The molecule has 2 aromatic carbocycles. The van der Waals surface area contributed by atoms with Gasteiger partial charge in [-0.15, -0.1) is 0 Å². The molecular formula is C24H15Br3N4O2. The van der Waals surface area contributed by atoms with Gasteiger partial charge in [0.25, 0.3) is 5.91 Å². The fourth-order valence-electron chi connectivity index (χ4n) is 2.76. The molecule has 0 bridgehead atoms. The van der Waals surface area contributed by atoms with Crippen molar-refractivity contribution in [3.8, 4) is 11.5 Å². The third-order valence-corrected chi connectivity index (χ3v) is 6.06. The number of amides is 1. The predicted octanol–water partition coefficient (Wildman–Crippen LogP) is 7.51. The van der Waals surface area contributed by atoms with Crippen molar-refractivity contribution in [3.63, 3.8) is 0 Å². The van der Waals surface area contributed by atoms with Crippen LogP contribution in [0.3, 0.4) is 0 Å². The highest BCUT2D eigenvalue weighted by molar-refractivity contribution is 9.11. The number of oxazole rings is 1. The number of rotatable bonds is 3. The highest BCUT2D eigenvalue weighted by atomic mass is 79.9. The van der Waals surface area contributed by atoms with Crippen molar-refractivity contribution < 1.29 is 9.21 Å². The van der Waals surface area contributed by atoms with Gasteiger partial charge in [0.05, 0.1) is 5.69 Å². The van der Waals surface area contributed by atoms with Crippen LogP contribution in [-0.2, 0) is 0 Å². The maximum atomic E-state index is 11.9. The van der Waals surface area contributed by atoms with Crippen LogP contribution in [-0.4, -0.2) is 20.9 Å². The first-order chi connectivity index (χ1) is 16.0. The summed E-state index contributed by atoms with van der Waals surface area (Å²) in [6.45, 7) is 0. The van der Waals surface area contributed by atoms with E-state index >= 15 is 0 Å². The number of pyridine rings is 2. The van der Waals surface area contributed by atoms with E-state index in [0.29, 0.717) is 27.5 Å². The minimum absolute atomic E-state index is 0.161. The fourth-order valence-corrected chi connectivity index (χ4v) is 3.64. The minimum atomic E-state index is -0.161. The van der Waals surface area contributed by atoms with E-state index < -0.39 is 0 Å². The number of nitrogens with one attached hydrogen (secondary N) is 1. The molecule has 0 spiro atoms. The molecule has 0 atom stereocenters. The van der Waals surface area contributed by atoms with Crippen LogP contribution in [0, 0.1) is 0 Å². The van der Waals surface area contributed by atoms with Gasteiger partial charge in [0.2, 0.25) is 11.6 Å². The van der Waals surface area contributed by atoms with Crippen LogP contribution in [0.25, 0.3) is 22.7 Å². The zero-order valence-corrected chi connectivity index (χ0v) is 21.6. The summed E-state index contributed by atoms with van der Waals surface area (Å²) in [6.07, 6.45) is 3.35. The topological polar surface area (TPSA) is 80.9 Å². The van der Waals surface area contributed by atoms with Crippen molar-refractivity contribution in [2.24, 2.45) is 0 Å². The largest absolute Gasteiger partial charge is 0.418 e. The molecule has 0 aliphatic rings. The Kier molecular flexibility index (Phi) is 7.64. The molecule has 0 unspecified atom stereocenters. The molecule has 3 heterocycles. The Balaban J connectivity index is 0.000000157. The molecule has 33 heavy (non-hydrogen) atoms. The number of benzene rings is 2. The highest BCUT2D eigenvalue weighted by Gasteiger charge is 2.09. The third-order valence-electron chi connectivity index (χ3n) is 4.37. The second kappa shape index (κ2) is 10.8. The smallest absolute Gasteiger partial charge is 0.255 e. The Bertz CT molecular complexity index is 1350. The molecule has 6 nitrogen and oxygen atoms in total. The van der Waals surface area contributed by atoms with E-state index in [0.717, 1.165) is 20.0 Å². The Hall–Kier alpha value is -2.88. The molecule has 0 aliphatic heterocycles. The quantitative estimate of drug-likeness (QED) is 0.209. The maximum absolute atomic E-state index is 11.9. The normalized spacial score (nSPS) is 10.4. The van der Waals surface area contributed by atoms with Gasteiger partial charge in [0, 0.05) is 32.5 Å². The number of anilines is 1. The molecule has 1 N–H and O–H groups in total. The first-order valence-corrected chi connectivity index (χ1v) is 12.0. The lowest BCUT2D eigenvalue weighted by atomic mass is 10.2. The molecule has 9 heteroatoms. The molecular weight excluding hydrogens is 616 g/mol. The molecule has 5 rings (SSSR count). The summed E-state index contributed by atoms with van der Waals surface area (Å²) in [5.74, 6) is 0.437. The van der Waals surface area contributed by atoms with E-state index in [-0.39, 0.29) is 5.91 Å². The Morgan fingerprint density at radius 2 is 1.42 bits per heavy atom. The average molecular weight is 631 g/mol. The van der Waals surface area contributed by atoms with Gasteiger partial charge in [-0.1, -0.05) is 31.9 Å². The summed E-state index contributed by atoms with van der Waals surface area (Å²) in [5, 5.41) is 2.78. The van der Waals surface area contributed by atoms with E-state index in [4.69, 9.17) is 4.42 Å².